The SMILES string of the molecule is CCCCCC(Cc1ccncc1)NCC. The monoisotopic (exact) mass is 220 g/mol. The zero-order valence-electron chi connectivity index (χ0n) is 10.6. The highest BCUT2D eigenvalue weighted by atomic mass is 14.9. The van der Waals surface area contributed by atoms with Crippen molar-refractivity contribution in [3.63, 3.8) is 0 Å². The van der Waals surface area contributed by atoms with E-state index in [0.29, 0.717) is 6.04 Å². The first-order valence-corrected chi connectivity index (χ1v) is 6.49. The Hall–Kier alpha value is -0.890. The van der Waals surface area contributed by atoms with Crippen LogP contribution >= 0.6 is 0 Å². The Balaban J connectivity index is 2.38. The van der Waals surface area contributed by atoms with Crippen molar-refractivity contribution in [2.75, 3.05) is 6.54 Å². The zero-order valence-corrected chi connectivity index (χ0v) is 10.6. The average molecular weight is 220 g/mol. The molecule has 0 aliphatic carbocycles. The van der Waals surface area contributed by atoms with Crippen molar-refractivity contribution in [2.24, 2.45) is 0 Å². The van der Waals surface area contributed by atoms with Crippen molar-refractivity contribution in [3.05, 3.63) is 30.1 Å². The molecule has 1 atom stereocenters. The molecule has 1 aromatic heterocycles. The quantitative estimate of drug-likeness (QED) is 0.681. The van der Waals surface area contributed by atoms with Crippen LogP contribution in [0.1, 0.15) is 45.1 Å². The van der Waals surface area contributed by atoms with Crippen LogP contribution in [0.15, 0.2) is 24.5 Å². The third-order valence-electron chi connectivity index (χ3n) is 2.88. The number of nitrogens with one attached hydrogen (secondary N) is 1. The summed E-state index contributed by atoms with van der Waals surface area (Å²) in [6.45, 7) is 5.49. The minimum atomic E-state index is 0.624. The maximum atomic E-state index is 4.05. The van der Waals surface area contributed by atoms with E-state index in [4.69, 9.17) is 0 Å². The molecule has 0 saturated heterocycles. The van der Waals surface area contributed by atoms with Gasteiger partial charge in [-0.2, -0.15) is 0 Å². The fourth-order valence-electron chi connectivity index (χ4n) is 2.01. The summed E-state index contributed by atoms with van der Waals surface area (Å²) in [6.07, 6.45) is 10.1. The first-order chi connectivity index (χ1) is 7.86. The van der Waals surface area contributed by atoms with E-state index in [1.165, 1.54) is 31.2 Å². The van der Waals surface area contributed by atoms with E-state index >= 15 is 0 Å². The summed E-state index contributed by atoms with van der Waals surface area (Å²) in [7, 11) is 0. The van der Waals surface area contributed by atoms with Crippen molar-refractivity contribution in [3.8, 4) is 0 Å². The number of unbranched alkanes of at least 4 members (excludes halogenated alkanes) is 2. The molecule has 1 N–H and O–H groups in total. The lowest BCUT2D eigenvalue weighted by Gasteiger charge is -2.17. The largest absolute Gasteiger partial charge is 0.314 e. The third kappa shape index (κ3) is 5.26. The number of nitrogens with zero attached hydrogens (tertiary/aromatic N) is 1. The molecule has 2 nitrogen and oxygen atoms in total. The normalized spacial score (nSPS) is 12.6. The van der Waals surface area contributed by atoms with Crippen molar-refractivity contribution >= 4 is 0 Å². The van der Waals surface area contributed by atoms with E-state index in [0.717, 1.165) is 13.0 Å². The molecule has 1 heterocycles. The van der Waals surface area contributed by atoms with Crippen LogP contribution in [0.3, 0.4) is 0 Å². The number of rotatable bonds is 8. The van der Waals surface area contributed by atoms with Gasteiger partial charge >= 0.3 is 0 Å². The Bertz CT molecular complexity index is 259. The van der Waals surface area contributed by atoms with Crippen LogP contribution in [0.25, 0.3) is 0 Å². The number of pyridine rings is 1. The van der Waals surface area contributed by atoms with Gasteiger partial charge in [0.2, 0.25) is 0 Å². The smallest absolute Gasteiger partial charge is 0.0270 e. The Labute approximate surface area is 99.5 Å². The van der Waals surface area contributed by atoms with Crippen molar-refractivity contribution < 1.29 is 0 Å². The fourth-order valence-corrected chi connectivity index (χ4v) is 2.01. The summed E-state index contributed by atoms with van der Waals surface area (Å²) < 4.78 is 0. The van der Waals surface area contributed by atoms with Gasteiger partial charge in [0.05, 0.1) is 0 Å². The predicted octanol–water partition coefficient (Wildman–Crippen LogP) is 3.18. The summed E-state index contributed by atoms with van der Waals surface area (Å²) in [4.78, 5) is 4.05. The second-order valence-corrected chi connectivity index (χ2v) is 4.31. The Morgan fingerprint density at radius 3 is 2.56 bits per heavy atom. The summed E-state index contributed by atoms with van der Waals surface area (Å²) >= 11 is 0. The highest BCUT2D eigenvalue weighted by Gasteiger charge is 2.07. The van der Waals surface area contributed by atoms with Crippen molar-refractivity contribution in [1.82, 2.24) is 10.3 Å². The van der Waals surface area contributed by atoms with Gasteiger partial charge in [-0.25, -0.2) is 0 Å². The van der Waals surface area contributed by atoms with Gasteiger partial charge in [-0.15, -0.1) is 0 Å². The topological polar surface area (TPSA) is 24.9 Å². The lowest BCUT2D eigenvalue weighted by atomic mass is 10.0. The maximum absolute atomic E-state index is 4.05. The molecule has 0 spiro atoms. The van der Waals surface area contributed by atoms with Gasteiger partial charge in [0, 0.05) is 18.4 Å². The van der Waals surface area contributed by atoms with E-state index in [1.54, 1.807) is 0 Å². The van der Waals surface area contributed by atoms with E-state index in [2.05, 4.69) is 36.3 Å². The fraction of sp³-hybridized carbons (Fsp3) is 0.643. The molecule has 2 heteroatoms. The van der Waals surface area contributed by atoms with Gasteiger partial charge in [0.15, 0.2) is 0 Å². The van der Waals surface area contributed by atoms with Crippen LogP contribution in [-0.4, -0.2) is 17.6 Å². The average Bonchev–Trinajstić information content (AvgIpc) is 2.31. The lowest BCUT2D eigenvalue weighted by Crippen LogP contribution is -2.30. The molecule has 0 fully saturated rings. The summed E-state index contributed by atoms with van der Waals surface area (Å²) in [6, 6.07) is 4.85. The van der Waals surface area contributed by atoms with Gasteiger partial charge in [-0.3, -0.25) is 4.98 Å². The van der Waals surface area contributed by atoms with Gasteiger partial charge in [0.25, 0.3) is 0 Å². The molecule has 16 heavy (non-hydrogen) atoms. The van der Waals surface area contributed by atoms with E-state index in [-0.39, 0.29) is 0 Å². The Morgan fingerprint density at radius 2 is 1.94 bits per heavy atom. The first kappa shape index (κ1) is 13.2. The van der Waals surface area contributed by atoms with Gasteiger partial charge < -0.3 is 5.32 Å². The van der Waals surface area contributed by atoms with Crippen LogP contribution in [0.4, 0.5) is 0 Å². The van der Waals surface area contributed by atoms with Gasteiger partial charge in [-0.1, -0.05) is 33.1 Å². The highest BCUT2D eigenvalue weighted by molar-refractivity contribution is 5.11. The molecule has 0 amide bonds. The van der Waals surface area contributed by atoms with Crippen LogP contribution in [-0.2, 0) is 6.42 Å². The van der Waals surface area contributed by atoms with Gasteiger partial charge in [-0.05, 0) is 37.1 Å². The van der Waals surface area contributed by atoms with Crippen LogP contribution in [0.5, 0.6) is 0 Å². The maximum Gasteiger partial charge on any atom is 0.0270 e. The summed E-state index contributed by atoms with van der Waals surface area (Å²) in [5.41, 5.74) is 1.39. The van der Waals surface area contributed by atoms with Crippen molar-refractivity contribution in [2.45, 2.75) is 52.0 Å². The Kier molecular flexibility index (Phi) is 6.82. The summed E-state index contributed by atoms with van der Waals surface area (Å²) in [5.74, 6) is 0. The second-order valence-electron chi connectivity index (χ2n) is 4.31. The molecule has 0 radical (unpaired) electrons. The molecular formula is C14H24N2. The Morgan fingerprint density at radius 1 is 1.19 bits per heavy atom. The second kappa shape index (κ2) is 8.28. The molecule has 0 saturated carbocycles. The van der Waals surface area contributed by atoms with E-state index in [9.17, 15) is 0 Å². The molecule has 90 valence electrons. The molecule has 0 bridgehead atoms. The van der Waals surface area contributed by atoms with Crippen LogP contribution < -0.4 is 5.32 Å². The number of likely N-dealkylation sites (N-methyl/N-ethyl adjacent to an activating group) is 1. The lowest BCUT2D eigenvalue weighted by molar-refractivity contribution is 0.467. The number of aromatic nitrogens is 1. The van der Waals surface area contributed by atoms with Crippen molar-refractivity contribution in [1.29, 1.82) is 0 Å². The van der Waals surface area contributed by atoms with Crippen LogP contribution in [0.2, 0.25) is 0 Å². The molecule has 1 rings (SSSR count). The standard InChI is InChI=1S/C14H24N2/c1-3-5-6-7-14(16-4-2)12-13-8-10-15-11-9-13/h8-11,14,16H,3-7,12H2,1-2H3. The molecule has 0 aromatic carbocycles. The van der Waals surface area contributed by atoms with Crippen LogP contribution in [0, 0.1) is 0 Å². The number of hydrogen-bond acceptors (Lipinski definition) is 2. The predicted molar refractivity (Wildman–Crippen MR) is 69.5 cm³/mol. The zero-order chi connectivity index (χ0) is 11.6. The van der Waals surface area contributed by atoms with E-state index in [1.807, 2.05) is 12.4 Å². The molecular weight excluding hydrogens is 196 g/mol. The number of hydrogen-bond donors (Lipinski definition) is 1. The minimum Gasteiger partial charge on any atom is -0.314 e. The summed E-state index contributed by atoms with van der Waals surface area (Å²) in [5, 5.41) is 3.57. The minimum absolute atomic E-state index is 0.624. The molecule has 1 unspecified atom stereocenters. The highest BCUT2D eigenvalue weighted by Crippen LogP contribution is 2.09. The molecule has 1 aromatic rings. The molecule has 0 aliphatic rings. The van der Waals surface area contributed by atoms with E-state index < -0.39 is 0 Å². The first-order valence-electron chi connectivity index (χ1n) is 6.49. The van der Waals surface area contributed by atoms with Gasteiger partial charge in [0.1, 0.15) is 0 Å². The third-order valence-corrected chi connectivity index (χ3v) is 2.88. The molecule has 0 aliphatic heterocycles.